The number of carboxylic acids is 3. The van der Waals surface area contributed by atoms with E-state index in [-0.39, 0.29) is 62.7 Å². The highest BCUT2D eigenvalue weighted by Gasteiger charge is 2.35. The number of aliphatic carboxylic acids is 3. The molecule has 1 aromatic rings. The molecule has 74 heavy (non-hydrogen) atoms. The number of amides is 6. The van der Waals surface area contributed by atoms with Crippen LogP contribution in [-0.2, 0) is 54.3 Å². The molecule has 0 spiro atoms. The lowest BCUT2D eigenvalue weighted by molar-refractivity contribution is -0.142. The van der Waals surface area contributed by atoms with Crippen LogP contribution in [0.5, 0.6) is 0 Å². The largest absolute Gasteiger partial charge is 0.481 e. The zero-order valence-electron chi connectivity index (χ0n) is 42.7. The Morgan fingerprint density at radius 3 is 1.70 bits per heavy atom. The summed E-state index contributed by atoms with van der Waals surface area (Å²) in [6, 6.07) is 1.05. The Morgan fingerprint density at radius 1 is 0.716 bits per heavy atom. The van der Waals surface area contributed by atoms with E-state index in [1.807, 2.05) is 43.3 Å². The standard InChI is InChI=1S/C48H75N13O13/c1-26(23-27(2)37(74-7)24-31-13-9-8-10-14-31)17-18-32(28(3)40(66)59-35(19-20-38(62)63)45(71)61(6)30(5)46(72)73)56-42(68)34(16-12-22-55-48(52)53)58-44(70)36(25-39(64)65)60-43(69)33(57-41(67)29(4)49)15-11-21-54-47(50)51/h8-10,13-14,17-18,23,27-29,32-37H,5,11-12,15-16,19-22,24-25,49H2,1-4,6-7H3,(H,56,68)(H,57,67)(H,58,70)(H,59,66)(H,60,69)(H,62,63)(H,64,65)(H,72,73)(H4,50,51,54)(H4,52,53,55)/b18-17+,26-23+/t27-,28-,29-,32-,33-,34-,35-,36-,37-/m0/s1. The van der Waals surface area contributed by atoms with E-state index in [1.165, 1.54) is 19.9 Å². The predicted octanol–water partition coefficient (Wildman–Crippen LogP) is -1.71. The molecule has 0 aromatic heterocycles. The highest BCUT2D eigenvalue weighted by molar-refractivity contribution is 5.97. The molecule has 1 rings (SSSR count). The van der Waals surface area contributed by atoms with E-state index in [0.29, 0.717) is 16.9 Å². The number of carbonyl (C=O) groups excluding carboxylic acids is 6. The lowest BCUT2D eigenvalue weighted by Gasteiger charge is -2.29. The van der Waals surface area contributed by atoms with Gasteiger partial charge in [-0.2, -0.15) is 0 Å². The van der Waals surface area contributed by atoms with Crippen molar-refractivity contribution in [3.8, 4) is 0 Å². The van der Waals surface area contributed by atoms with Gasteiger partial charge in [0.2, 0.25) is 35.4 Å². The van der Waals surface area contributed by atoms with Crippen molar-refractivity contribution in [2.24, 2.45) is 50.5 Å². The van der Waals surface area contributed by atoms with Gasteiger partial charge in [0.25, 0.3) is 0 Å². The summed E-state index contributed by atoms with van der Waals surface area (Å²) in [6.45, 7) is 9.82. The normalized spacial score (nSPS) is 14.9. The van der Waals surface area contributed by atoms with Crippen LogP contribution in [0, 0.1) is 11.8 Å². The van der Waals surface area contributed by atoms with Gasteiger partial charge in [0.1, 0.15) is 29.9 Å². The highest BCUT2D eigenvalue weighted by atomic mass is 16.5. The molecule has 6 amide bonds. The molecule has 410 valence electrons. The van der Waals surface area contributed by atoms with E-state index >= 15 is 0 Å². The van der Waals surface area contributed by atoms with Gasteiger partial charge in [-0.3, -0.25) is 48.3 Å². The van der Waals surface area contributed by atoms with Crippen molar-refractivity contribution in [2.45, 2.75) is 121 Å². The number of rotatable bonds is 34. The second-order valence-electron chi connectivity index (χ2n) is 17.5. The molecule has 0 aliphatic heterocycles. The number of nitrogens with two attached hydrogens (primary N) is 5. The molecule has 26 nitrogen and oxygen atoms in total. The lowest BCUT2D eigenvalue weighted by atomic mass is 9.94. The molecule has 0 aliphatic carbocycles. The molecule has 26 heteroatoms. The van der Waals surface area contributed by atoms with Crippen LogP contribution >= 0.6 is 0 Å². The van der Waals surface area contributed by atoms with Crippen LogP contribution < -0.4 is 55.3 Å². The molecular weight excluding hydrogens is 967 g/mol. The molecule has 0 unspecified atom stereocenters. The molecule has 0 fully saturated rings. The first-order chi connectivity index (χ1) is 34.7. The number of carboxylic acid groups (broad SMARTS) is 3. The van der Waals surface area contributed by atoms with E-state index < -0.39 is 120 Å². The van der Waals surface area contributed by atoms with Gasteiger partial charge in [-0.1, -0.05) is 74.6 Å². The third kappa shape index (κ3) is 24.5. The third-order valence-electron chi connectivity index (χ3n) is 11.3. The van der Waals surface area contributed by atoms with Crippen LogP contribution in [-0.4, -0.2) is 155 Å². The third-order valence-corrected chi connectivity index (χ3v) is 11.3. The Bertz CT molecular complexity index is 2230. The molecule has 18 N–H and O–H groups in total. The summed E-state index contributed by atoms with van der Waals surface area (Å²) < 4.78 is 5.80. The van der Waals surface area contributed by atoms with Crippen LogP contribution in [0.25, 0.3) is 0 Å². The highest BCUT2D eigenvalue weighted by Crippen LogP contribution is 2.19. The molecule has 0 saturated carbocycles. The first kappa shape index (κ1) is 64.1. The fraction of sp³-hybridized carbons (Fsp3) is 0.521. The Balaban J connectivity index is 3.82. The number of aliphatic imine (C=N–C) groups is 2. The topological polar surface area (TPSA) is 442 Å². The zero-order valence-corrected chi connectivity index (χ0v) is 42.7. The fourth-order valence-electron chi connectivity index (χ4n) is 7.05. The van der Waals surface area contributed by atoms with Crippen molar-refractivity contribution in [3.05, 3.63) is 72.0 Å². The van der Waals surface area contributed by atoms with Gasteiger partial charge < -0.3 is 80.2 Å². The number of benzene rings is 1. The van der Waals surface area contributed by atoms with Gasteiger partial charge in [-0.05, 0) is 57.9 Å². The molecule has 0 aliphatic rings. The SMILES string of the molecule is C=C(C(=O)O)N(C)C(=O)[C@H](CCC(=O)O)NC(=O)[C@@H](C)[C@H](/C=C/C(C)=C/[C@H](C)[C@H](Cc1ccccc1)OC)NC(=O)[C@H](CCCN=C(N)N)NC(=O)[C@H](CC(=O)O)NC(=O)[C@H](CCCN=C(N)N)NC(=O)[C@H](C)N. The number of nitrogens with one attached hydrogen (secondary N) is 5. The predicted molar refractivity (Wildman–Crippen MR) is 274 cm³/mol. The summed E-state index contributed by atoms with van der Waals surface area (Å²) in [6.07, 6.45) is 3.19. The number of allylic oxidation sites excluding steroid dienone is 2. The number of likely N-dealkylation sites (N-methyl/N-ethyl adjacent to an activating group) is 1. The van der Waals surface area contributed by atoms with Crippen molar-refractivity contribution in [3.63, 3.8) is 0 Å². The first-order valence-electron chi connectivity index (χ1n) is 23.6. The minimum Gasteiger partial charge on any atom is -0.481 e. The number of hydrogen-bond donors (Lipinski definition) is 13. The number of ether oxygens (including phenoxy) is 1. The maximum absolute atomic E-state index is 14.5. The maximum atomic E-state index is 14.5. The summed E-state index contributed by atoms with van der Waals surface area (Å²) in [5.41, 5.74) is 28.5. The first-order valence-corrected chi connectivity index (χ1v) is 23.6. The molecule has 0 heterocycles. The Morgan fingerprint density at radius 2 is 1.22 bits per heavy atom. The van der Waals surface area contributed by atoms with Crippen molar-refractivity contribution < 1.29 is 63.2 Å². The second-order valence-corrected chi connectivity index (χ2v) is 17.5. The van der Waals surface area contributed by atoms with E-state index in [9.17, 15) is 58.5 Å². The summed E-state index contributed by atoms with van der Waals surface area (Å²) in [5.74, 6) is -12.0. The Kier molecular flexibility index (Phi) is 28.6. The Labute approximate surface area is 430 Å². The number of hydrogen-bond acceptors (Lipinski definition) is 13. The van der Waals surface area contributed by atoms with E-state index in [4.69, 9.17) is 33.4 Å². The Hall–Kier alpha value is -7.87. The van der Waals surface area contributed by atoms with Crippen molar-refractivity contribution >= 4 is 65.3 Å². The smallest absolute Gasteiger partial charge is 0.351 e. The van der Waals surface area contributed by atoms with Gasteiger partial charge in [-0.15, -0.1) is 0 Å². The number of methoxy groups -OCH3 is 1. The molecule has 0 radical (unpaired) electrons. The van der Waals surface area contributed by atoms with E-state index in [0.717, 1.165) is 12.6 Å². The minimum atomic E-state index is -1.83. The second kappa shape index (κ2) is 33.0. The molecule has 1 aromatic carbocycles. The summed E-state index contributed by atoms with van der Waals surface area (Å²) in [4.78, 5) is 126. The summed E-state index contributed by atoms with van der Waals surface area (Å²) in [7, 11) is 2.67. The molecular formula is C48H75N13O13. The minimum absolute atomic E-state index is 0.0381. The van der Waals surface area contributed by atoms with Gasteiger partial charge in [0.05, 0.1) is 30.5 Å². The lowest BCUT2D eigenvalue weighted by Crippen LogP contribution is -2.59. The summed E-state index contributed by atoms with van der Waals surface area (Å²) >= 11 is 0. The quantitative estimate of drug-likeness (QED) is 0.0120. The summed E-state index contributed by atoms with van der Waals surface area (Å²) in [5, 5.41) is 41.2. The fourth-order valence-corrected chi connectivity index (χ4v) is 7.05. The number of carbonyl (C=O) groups is 9. The van der Waals surface area contributed by atoms with Crippen LogP contribution in [0.2, 0.25) is 0 Å². The average molecular weight is 1040 g/mol. The van der Waals surface area contributed by atoms with Crippen molar-refractivity contribution in [1.82, 2.24) is 31.5 Å². The van der Waals surface area contributed by atoms with Crippen molar-refractivity contribution in [1.29, 1.82) is 0 Å². The zero-order chi connectivity index (χ0) is 56.2. The van der Waals surface area contributed by atoms with E-state index in [1.54, 1.807) is 20.1 Å². The van der Waals surface area contributed by atoms with Crippen LogP contribution in [0.3, 0.4) is 0 Å². The molecule has 0 saturated heterocycles. The molecule has 9 atom stereocenters. The van der Waals surface area contributed by atoms with Crippen molar-refractivity contribution in [2.75, 3.05) is 27.2 Å². The van der Waals surface area contributed by atoms with E-state index in [2.05, 4.69) is 43.1 Å². The number of guanidine groups is 2. The average Bonchev–Trinajstić information content (AvgIpc) is 3.33. The van der Waals surface area contributed by atoms with Gasteiger partial charge in [0.15, 0.2) is 11.9 Å². The maximum Gasteiger partial charge on any atom is 0.351 e. The van der Waals surface area contributed by atoms with Crippen LogP contribution in [0.15, 0.2) is 76.4 Å². The molecule has 0 bridgehead atoms. The number of nitrogens with zero attached hydrogens (tertiary/aromatic N) is 3. The van der Waals surface area contributed by atoms with Crippen LogP contribution in [0.1, 0.15) is 78.2 Å². The monoisotopic (exact) mass is 1040 g/mol. The van der Waals surface area contributed by atoms with Gasteiger partial charge in [-0.25, -0.2) is 4.79 Å². The van der Waals surface area contributed by atoms with Crippen LogP contribution in [0.4, 0.5) is 0 Å². The van der Waals surface area contributed by atoms with Gasteiger partial charge >= 0.3 is 17.9 Å². The van der Waals surface area contributed by atoms with Gasteiger partial charge in [0, 0.05) is 39.6 Å².